The molecule has 2 atom stereocenters. The Bertz CT molecular complexity index is 623. The number of aliphatic imine (C=N–C) groups is 1. The minimum absolute atomic E-state index is 0. The van der Waals surface area contributed by atoms with Crippen LogP contribution >= 0.6 is 35.3 Å². The van der Waals surface area contributed by atoms with Gasteiger partial charge in [-0.05, 0) is 43.2 Å². The summed E-state index contributed by atoms with van der Waals surface area (Å²) in [4.78, 5) is 13.7. The molecular weight excluding hydrogens is 497 g/mol. The standard InChI is InChI=1S/C21H35N5OS.HI/c1-22-21(26-8-6-19(16-26)25-9-11-27-12-10-25)23-14-18-4-2-7-24(15-18)17-20-5-3-13-28-20;/h3,5,13,18-19H,2,4,6-12,14-17H2,1H3,(H,22,23);1H. The van der Waals surface area contributed by atoms with Gasteiger partial charge in [0.2, 0.25) is 0 Å². The Balaban J connectivity index is 0.00000240. The number of nitrogens with zero attached hydrogens (tertiary/aromatic N) is 4. The lowest BCUT2D eigenvalue weighted by atomic mass is 9.98. The number of morpholine rings is 1. The molecule has 0 amide bonds. The molecule has 0 bridgehead atoms. The molecule has 8 heteroatoms. The van der Waals surface area contributed by atoms with Crippen LogP contribution in [0.2, 0.25) is 0 Å². The number of rotatable bonds is 5. The molecule has 0 aromatic carbocycles. The highest BCUT2D eigenvalue weighted by molar-refractivity contribution is 14.0. The quantitative estimate of drug-likeness (QED) is 0.358. The molecule has 2 unspecified atom stereocenters. The van der Waals surface area contributed by atoms with Crippen molar-refractivity contribution in [3.8, 4) is 0 Å². The molecule has 29 heavy (non-hydrogen) atoms. The third kappa shape index (κ3) is 6.53. The largest absolute Gasteiger partial charge is 0.379 e. The maximum Gasteiger partial charge on any atom is 0.193 e. The second kappa shape index (κ2) is 11.8. The first-order valence-corrected chi connectivity index (χ1v) is 11.7. The SMILES string of the molecule is CN=C(NCC1CCCN(Cc2cccs2)C1)N1CCC(N2CCOCC2)C1.I. The lowest BCUT2D eigenvalue weighted by Crippen LogP contribution is -2.48. The van der Waals surface area contributed by atoms with Crippen molar-refractivity contribution in [3.05, 3.63) is 22.4 Å². The Morgan fingerprint density at radius 2 is 2.07 bits per heavy atom. The summed E-state index contributed by atoms with van der Waals surface area (Å²) in [5.41, 5.74) is 0. The molecule has 3 fully saturated rings. The molecule has 0 spiro atoms. The van der Waals surface area contributed by atoms with E-state index in [0.29, 0.717) is 12.0 Å². The number of guanidine groups is 1. The maximum atomic E-state index is 5.51. The zero-order valence-electron chi connectivity index (χ0n) is 17.6. The molecule has 0 saturated carbocycles. The molecule has 4 heterocycles. The van der Waals surface area contributed by atoms with Gasteiger partial charge in [-0.15, -0.1) is 35.3 Å². The van der Waals surface area contributed by atoms with Crippen LogP contribution in [-0.4, -0.2) is 92.8 Å². The predicted octanol–water partition coefficient (Wildman–Crippen LogP) is 2.56. The van der Waals surface area contributed by atoms with Crippen LogP contribution in [0.3, 0.4) is 0 Å². The molecule has 0 radical (unpaired) electrons. The van der Waals surface area contributed by atoms with Gasteiger partial charge in [-0.1, -0.05) is 6.07 Å². The summed E-state index contributed by atoms with van der Waals surface area (Å²) in [5.74, 6) is 1.80. The van der Waals surface area contributed by atoms with Crippen LogP contribution in [0, 0.1) is 5.92 Å². The van der Waals surface area contributed by atoms with E-state index < -0.39 is 0 Å². The number of hydrogen-bond donors (Lipinski definition) is 1. The summed E-state index contributed by atoms with van der Waals surface area (Å²) in [6.45, 7) is 10.7. The fourth-order valence-corrected chi connectivity index (χ4v) is 5.57. The number of thiophene rings is 1. The normalized spacial score (nSPS) is 27.1. The fraction of sp³-hybridized carbons (Fsp3) is 0.762. The van der Waals surface area contributed by atoms with Crippen molar-refractivity contribution in [2.24, 2.45) is 10.9 Å². The van der Waals surface area contributed by atoms with E-state index >= 15 is 0 Å². The third-order valence-electron chi connectivity index (χ3n) is 6.35. The Morgan fingerprint density at radius 1 is 1.21 bits per heavy atom. The highest BCUT2D eigenvalue weighted by atomic mass is 127. The molecule has 3 saturated heterocycles. The van der Waals surface area contributed by atoms with E-state index in [0.717, 1.165) is 58.4 Å². The first-order chi connectivity index (χ1) is 13.8. The molecule has 1 aromatic rings. The lowest BCUT2D eigenvalue weighted by Gasteiger charge is -2.34. The monoisotopic (exact) mass is 533 g/mol. The molecule has 6 nitrogen and oxygen atoms in total. The first-order valence-electron chi connectivity index (χ1n) is 10.8. The topological polar surface area (TPSA) is 43.3 Å². The number of nitrogens with one attached hydrogen (secondary N) is 1. The van der Waals surface area contributed by atoms with Gasteiger partial charge in [-0.25, -0.2) is 0 Å². The fourth-order valence-electron chi connectivity index (χ4n) is 4.83. The van der Waals surface area contributed by atoms with Crippen molar-refractivity contribution in [2.75, 3.05) is 66.1 Å². The zero-order chi connectivity index (χ0) is 19.2. The molecule has 3 aliphatic rings. The van der Waals surface area contributed by atoms with Gasteiger partial charge in [0.15, 0.2) is 5.96 Å². The van der Waals surface area contributed by atoms with E-state index in [1.807, 2.05) is 18.4 Å². The number of hydrogen-bond acceptors (Lipinski definition) is 5. The maximum absolute atomic E-state index is 5.51. The van der Waals surface area contributed by atoms with Crippen molar-refractivity contribution < 1.29 is 4.74 Å². The second-order valence-corrected chi connectivity index (χ2v) is 9.32. The molecule has 4 rings (SSSR count). The zero-order valence-corrected chi connectivity index (χ0v) is 20.7. The van der Waals surface area contributed by atoms with Gasteiger partial charge in [0.25, 0.3) is 0 Å². The number of halogens is 1. The summed E-state index contributed by atoms with van der Waals surface area (Å²) in [6, 6.07) is 5.07. The first kappa shape index (κ1) is 23.2. The smallest absolute Gasteiger partial charge is 0.193 e. The van der Waals surface area contributed by atoms with Gasteiger partial charge in [0, 0.05) is 63.8 Å². The van der Waals surface area contributed by atoms with Crippen molar-refractivity contribution >= 4 is 41.3 Å². The van der Waals surface area contributed by atoms with E-state index in [4.69, 9.17) is 4.74 Å². The van der Waals surface area contributed by atoms with Crippen LogP contribution in [0.5, 0.6) is 0 Å². The summed E-state index contributed by atoms with van der Waals surface area (Å²) < 4.78 is 5.51. The minimum atomic E-state index is 0. The van der Waals surface area contributed by atoms with E-state index in [-0.39, 0.29) is 24.0 Å². The van der Waals surface area contributed by atoms with Crippen LogP contribution in [0.25, 0.3) is 0 Å². The number of ether oxygens (including phenoxy) is 1. The Morgan fingerprint density at radius 3 is 2.83 bits per heavy atom. The average molecular weight is 534 g/mol. The van der Waals surface area contributed by atoms with Crippen molar-refractivity contribution in [3.63, 3.8) is 0 Å². The van der Waals surface area contributed by atoms with E-state index in [9.17, 15) is 0 Å². The molecule has 1 aromatic heterocycles. The Kier molecular flexibility index (Phi) is 9.49. The summed E-state index contributed by atoms with van der Waals surface area (Å²) in [6.07, 6.45) is 3.86. The van der Waals surface area contributed by atoms with Gasteiger partial charge in [-0.2, -0.15) is 0 Å². The Labute approximate surface area is 196 Å². The Hall–Kier alpha value is -0.420. The van der Waals surface area contributed by atoms with Gasteiger partial charge < -0.3 is 15.0 Å². The van der Waals surface area contributed by atoms with E-state index in [2.05, 4.69) is 42.5 Å². The van der Waals surface area contributed by atoms with Crippen LogP contribution in [0.1, 0.15) is 24.1 Å². The molecule has 164 valence electrons. The molecular formula is C21H36IN5OS. The van der Waals surface area contributed by atoms with Crippen LogP contribution in [0.15, 0.2) is 22.5 Å². The highest BCUT2D eigenvalue weighted by Gasteiger charge is 2.30. The number of likely N-dealkylation sites (tertiary alicyclic amines) is 2. The van der Waals surface area contributed by atoms with Gasteiger partial charge in [-0.3, -0.25) is 14.8 Å². The second-order valence-electron chi connectivity index (χ2n) is 8.29. The van der Waals surface area contributed by atoms with Gasteiger partial charge >= 0.3 is 0 Å². The summed E-state index contributed by atoms with van der Waals surface area (Å²) in [5, 5.41) is 5.88. The van der Waals surface area contributed by atoms with Crippen molar-refractivity contribution in [1.29, 1.82) is 0 Å². The molecule has 3 aliphatic heterocycles. The third-order valence-corrected chi connectivity index (χ3v) is 7.21. The van der Waals surface area contributed by atoms with Crippen LogP contribution in [0.4, 0.5) is 0 Å². The number of piperidine rings is 1. The van der Waals surface area contributed by atoms with Crippen LogP contribution in [-0.2, 0) is 11.3 Å². The lowest BCUT2D eigenvalue weighted by molar-refractivity contribution is 0.0194. The van der Waals surface area contributed by atoms with Gasteiger partial charge in [0.05, 0.1) is 13.2 Å². The molecule has 1 N–H and O–H groups in total. The van der Waals surface area contributed by atoms with Gasteiger partial charge in [0.1, 0.15) is 0 Å². The average Bonchev–Trinajstić information content (AvgIpc) is 3.42. The van der Waals surface area contributed by atoms with E-state index in [1.165, 1.54) is 37.2 Å². The predicted molar refractivity (Wildman–Crippen MR) is 131 cm³/mol. The van der Waals surface area contributed by atoms with Crippen molar-refractivity contribution in [1.82, 2.24) is 20.0 Å². The van der Waals surface area contributed by atoms with Crippen molar-refractivity contribution in [2.45, 2.75) is 31.8 Å². The highest BCUT2D eigenvalue weighted by Crippen LogP contribution is 2.21. The van der Waals surface area contributed by atoms with Crippen LogP contribution < -0.4 is 5.32 Å². The van der Waals surface area contributed by atoms with E-state index in [1.54, 1.807) is 0 Å². The summed E-state index contributed by atoms with van der Waals surface area (Å²) >= 11 is 1.87. The minimum Gasteiger partial charge on any atom is -0.379 e. The molecule has 0 aliphatic carbocycles. The summed E-state index contributed by atoms with van der Waals surface area (Å²) in [7, 11) is 1.92.